The number of aromatic nitrogens is 1. The maximum atomic E-state index is 5.43. The van der Waals surface area contributed by atoms with Gasteiger partial charge in [0, 0.05) is 43.7 Å². The number of ether oxygens (including phenoxy) is 2. The van der Waals surface area contributed by atoms with Crippen molar-refractivity contribution in [2.75, 3.05) is 14.2 Å². The van der Waals surface area contributed by atoms with E-state index in [0.29, 0.717) is 0 Å². The van der Waals surface area contributed by atoms with Crippen LogP contribution >= 0.6 is 0 Å². The topological polar surface area (TPSA) is 34.2 Å². The van der Waals surface area contributed by atoms with E-state index in [1.807, 2.05) is 12.1 Å². The first kappa shape index (κ1) is 14.8. The van der Waals surface area contributed by atoms with E-state index in [0.717, 1.165) is 11.9 Å². The lowest BCUT2D eigenvalue weighted by molar-refractivity contribution is -0.108. The van der Waals surface area contributed by atoms with E-state index >= 15 is 0 Å². The molecule has 0 aliphatic heterocycles. The molecule has 2 aromatic carbocycles. The van der Waals surface area contributed by atoms with Crippen molar-refractivity contribution >= 4 is 10.9 Å². The summed E-state index contributed by atoms with van der Waals surface area (Å²) in [6.07, 6.45) is 2.66. The van der Waals surface area contributed by atoms with Crippen LogP contribution in [0, 0.1) is 0 Å². The zero-order valence-electron chi connectivity index (χ0n) is 13.0. The van der Waals surface area contributed by atoms with Crippen molar-refractivity contribution in [2.45, 2.75) is 18.6 Å². The first-order valence-corrected chi connectivity index (χ1v) is 7.50. The summed E-state index contributed by atoms with van der Waals surface area (Å²) in [6, 6.07) is 18.9. The normalized spacial score (nSPS) is 12.9. The number of aromatic amines is 1. The maximum absolute atomic E-state index is 5.43. The molecular weight excluding hydrogens is 274 g/mol. The van der Waals surface area contributed by atoms with Gasteiger partial charge in [-0.25, -0.2) is 0 Å². The standard InChI is InChI=1S/C19H21NO2/c1-21-19(22-2)12-16(14-8-4-3-5-9-14)17-13-20-18-11-7-6-10-15(17)18/h3-11,13,16,19-20H,12H2,1-2H3/t16-/m0/s1. The lowest BCUT2D eigenvalue weighted by atomic mass is 9.88. The Bertz CT molecular complexity index is 716. The summed E-state index contributed by atoms with van der Waals surface area (Å²) >= 11 is 0. The fourth-order valence-electron chi connectivity index (χ4n) is 2.99. The van der Waals surface area contributed by atoms with Crippen molar-refractivity contribution in [3.63, 3.8) is 0 Å². The lowest BCUT2D eigenvalue weighted by Gasteiger charge is -2.22. The number of fused-ring (bicyclic) bond motifs is 1. The molecular formula is C19H21NO2. The van der Waals surface area contributed by atoms with Crippen molar-refractivity contribution in [2.24, 2.45) is 0 Å². The maximum Gasteiger partial charge on any atom is 0.157 e. The highest BCUT2D eigenvalue weighted by molar-refractivity contribution is 5.84. The van der Waals surface area contributed by atoms with Crippen LogP contribution in [0.15, 0.2) is 60.8 Å². The molecule has 1 aromatic heterocycles. The van der Waals surface area contributed by atoms with E-state index in [9.17, 15) is 0 Å². The van der Waals surface area contributed by atoms with Gasteiger partial charge in [-0.05, 0) is 17.2 Å². The van der Waals surface area contributed by atoms with Crippen LogP contribution in [-0.2, 0) is 9.47 Å². The Morgan fingerprint density at radius 1 is 0.909 bits per heavy atom. The van der Waals surface area contributed by atoms with E-state index in [1.165, 1.54) is 16.5 Å². The highest BCUT2D eigenvalue weighted by atomic mass is 16.7. The van der Waals surface area contributed by atoms with Gasteiger partial charge in [-0.1, -0.05) is 48.5 Å². The average molecular weight is 295 g/mol. The summed E-state index contributed by atoms with van der Waals surface area (Å²) in [5.41, 5.74) is 3.71. The Balaban J connectivity index is 2.05. The minimum atomic E-state index is -0.223. The summed E-state index contributed by atoms with van der Waals surface area (Å²) in [4.78, 5) is 3.37. The van der Waals surface area contributed by atoms with Gasteiger partial charge in [0.1, 0.15) is 0 Å². The highest BCUT2D eigenvalue weighted by Crippen LogP contribution is 2.34. The SMILES string of the molecule is COC(C[C@@H](c1ccccc1)c1c[nH]c2ccccc12)OC. The molecule has 0 bridgehead atoms. The quantitative estimate of drug-likeness (QED) is 0.688. The average Bonchev–Trinajstić information content (AvgIpc) is 3.01. The first-order chi connectivity index (χ1) is 10.8. The molecule has 22 heavy (non-hydrogen) atoms. The van der Waals surface area contributed by atoms with Gasteiger partial charge < -0.3 is 14.5 Å². The van der Waals surface area contributed by atoms with E-state index in [4.69, 9.17) is 9.47 Å². The molecule has 1 N–H and O–H groups in total. The Morgan fingerprint density at radius 3 is 2.32 bits per heavy atom. The monoisotopic (exact) mass is 295 g/mol. The van der Waals surface area contributed by atoms with Crippen LogP contribution in [0.1, 0.15) is 23.5 Å². The molecule has 114 valence electrons. The fraction of sp³-hybridized carbons (Fsp3) is 0.263. The van der Waals surface area contributed by atoms with E-state index in [2.05, 4.69) is 53.6 Å². The number of benzene rings is 2. The molecule has 0 spiro atoms. The minimum absolute atomic E-state index is 0.223. The van der Waals surface area contributed by atoms with Crippen LogP contribution in [-0.4, -0.2) is 25.5 Å². The van der Waals surface area contributed by atoms with Gasteiger partial charge in [0.15, 0.2) is 6.29 Å². The third kappa shape index (κ3) is 2.91. The zero-order chi connectivity index (χ0) is 15.4. The van der Waals surface area contributed by atoms with Gasteiger partial charge >= 0.3 is 0 Å². The van der Waals surface area contributed by atoms with Gasteiger partial charge in [0.2, 0.25) is 0 Å². The second kappa shape index (κ2) is 6.77. The van der Waals surface area contributed by atoms with Crippen LogP contribution in [0.3, 0.4) is 0 Å². The molecule has 0 saturated carbocycles. The second-order valence-electron chi connectivity index (χ2n) is 5.39. The molecule has 0 saturated heterocycles. The Hall–Kier alpha value is -2.10. The number of nitrogens with one attached hydrogen (secondary N) is 1. The lowest BCUT2D eigenvalue weighted by Crippen LogP contribution is -2.17. The van der Waals surface area contributed by atoms with Crippen molar-refractivity contribution in [1.29, 1.82) is 0 Å². The number of hydrogen-bond donors (Lipinski definition) is 1. The van der Waals surface area contributed by atoms with Crippen LogP contribution < -0.4 is 0 Å². The summed E-state index contributed by atoms with van der Waals surface area (Å²) < 4.78 is 10.9. The molecule has 1 atom stereocenters. The minimum Gasteiger partial charge on any atom is -0.361 e. The number of hydrogen-bond acceptors (Lipinski definition) is 2. The van der Waals surface area contributed by atoms with Crippen molar-refractivity contribution in [1.82, 2.24) is 4.98 Å². The Morgan fingerprint density at radius 2 is 1.59 bits per heavy atom. The van der Waals surface area contributed by atoms with Gasteiger partial charge in [0.25, 0.3) is 0 Å². The molecule has 3 nitrogen and oxygen atoms in total. The molecule has 3 aromatic rings. The number of rotatable bonds is 6. The summed E-state index contributed by atoms with van der Waals surface area (Å²) in [5, 5.41) is 1.25. The predicted molar refractivity (Wildman–Crippen MR) is 89.0 cm³/mol. The fourth-order valence-corrected chi connectivity index (χ4v) is 2.99. The number of H-pyrrole nitrogens is 1. The van der Waals surface area contributed by atoms with Gasteiger partial charge in [-0.3, -0.25) is 0 Å². The Labute approximate surface area is 130 Å². The summed E-state index contributed by atoms with van der Waals surface area (Å²) in [6.45, 7) is 0. The van der Waals surface area contributed by atoms with Crippen LogP contribution in [0.4, 0.5) is 0 Å². The number of para-hydroxylation sites is 1. The molecule has 0 aliphatic carbocycles. The largest absolute Gasteiger partial charge is 0.361 e. The molecule has 3 heteroatoms. The van der Waals surface area contributed by atoms with Crippen LogP contribution in [0.5, 0.6) is 0 Å². The molecule has 0 amide bonds. The predicted octanol–water partition coefficient (Wildman–Crippen LogP) is 4.31. The van der Waals surface area contributed by atoms with Gasteiger partial charge in [-0.2, -0.15) is 0 Å². The van der Waals surface area contributed by atoms with Gasteiger partial charge in [0.05, 0.1) is 0 Å². The molecule has 0 aliphatic rings. The zero-order valence-corrected chi connectivity index (χ0v) is 13.0. The van der Waals surface area contributed by atoms with Gasteiger partial charge in [-0.15, -0.1) is 0 Å². The third-order valence-corrected chi connectivity index (χ3v) is 4.15. The smallest absolute Gasteiger partial charge is 0.157 e. The highest BCUT2D eigenvalue weighted by Gasteiger charge is 2.22. The molecule has 0 radical (unpaired) electrons. The summed E-state index contributed by atoms with van der Waals surface area (Å²) in [7, 11) is 3.37. The molecule has 0 unspecified atom stereocenters. The second-order valence-corrected chi connectivity index (χ2v) is 5.39. The van der Waals surface area contributed by atoms with Crippen molar-refractivity contribution in [3.05, 3.63) is 71.9 Å². The Kier molecular flexibility index (Phi) is 4.56. The third-order valence-electron chi connectivity index (χ3n) is 4.15. The molecule has 1 heterocycles. The van der Waals surface area contributed by atoms with E-state index in [-0.39, 0.29) is 12.2 Å². The van der Waals surface area contributed by atoms with Crippen molar-refractivity contribution in [3.8, 4) is 0 Å². The first-order valence-electron chi connectivity index (χ1n) is 7.50. The van der Waals surface area contributed by atoms with Crippen molar-refractivity contribution < 1.29 is 9.47 Å². The molecule has 0 fully saturated rings. The van der Waals surface area contributed by atoms with Crippen LogP contribution in [0.2, 0.25) is 0 Å². The molecule has 3 rings (SSSR count). The van der Waals surface area contributed by atoms with E-state index < -0.39 is 0 Å². The van der Waals surface area contributed by atoms with Crippen LogP contribution in [0.25, 0.3) is 10.9 Å². The summed E-state index contributed by atoms with van der Waals surface area (Å²) in [5.74, 6) is 0.224. The van der Waals surface area contributed by atoms with E-state index in [1.54, 1.807) is 14.2 Å². The number of methoxy groups -OCH3 is 2.